The Bertz CT molecular complexity index is 143. The quantitative estimate of drug-likeness (QED) is 0.734. The van der Waals surface area contributed by atoms with Crippen LogP contribution in [0, 0.1) is 5.92 Å². The number of hydrogen-bond acceptors (Lipinski definition) is 2. The molecule has 0 spiro atoms. The highest BCUT2D eigenvalue weighted by atomic mass is 32.2. The molecule has 1 fully saturated rings. The first kappa shape index (κ1) is 12.4. The van der Waals surface area contributed by atoms with Crippen molar-refractivity contribution in [3.8, 4) is 0 Å². The van der Waals surface area contributed by atoms with Gasteiger partial charge < -0.3 is 5.73 Å². The molecule has 2 heteroatoms. The van der Waals surface area contributed by atoms with Crippen LogP contribution in [-0.4, -0.2) is 17.0 Å². The number of nitrogens with two attached hydrogens (primary N) is 1. The van der Waals surface area contributed by atoms with E-state index in [4.69, 9.17) is 5.73 Å². The van der Waals surface area contributed by atoms with Gasteiger partial charge in [-0.1, -0.05) is 39.5 Å². The molecule has 0 saturated heterocycles. The molecule has 14 heavy (non-hydrogen) atoms. The van der Waals surface area contributed by atoms with E-state index in [0.717, 1.165) is 16.9 Å². The molecule has 2 unspecified atom stereocenters. The molecule has 0 aromatic heterocycles. The van der Waals surface area contributed by atoms with Gasteiger partial charge in [0.1, 0.15) is 0 Å². The first-order valence-corrected chi connectivity index (χ1v) is 7.14. The van der Waals surface area contributed by atoms with E-state index >= 15 is 0 Å². The van der Waals surface area contributed by atoms with E-state index in [0.29, 0.717) is 6.04 Å². The van der Waals surface area contributed by atoms with Crippen LogP contribution in [-0.2, 0) is 0 Å². The molecule has 0 heterocycles. The topological polar surface area (TPSA) is 26.0 Å². The van der Waals surface area contributed by atoms with Gasteiger partial charge in [0.15, 0.2) is 0 Å². The maximum atomic E-state index is 6.14. The van der Waals surface area contributed by atoms with Crippen LogP contribution in [0.4, 0.5) is 0 Å². The molecule has 1 aliphatic rings. The molecule has 0 aromatic rings. The van der Waals surface area contributed by atoms with E-state index in [2.05, 4.69) is 13.8 Å². The van der Waals surface area contributed by atoms with Crippen molar-refractivity contribution in [3.63, 3.8) is 0 Å². The molecule has 0 radical (unpaired) electrons. The summed E-state index contributed by atoms with van der Waals surface area (Å²) in [4.78, 5) is 0. The molecular formula is C12H25NS. The summed E-state index contributed by atoms with van der Waals surface area (Å²) in [6, 6.07) is 0.442. The average molecular weight is 215 g/mol. The van der Waals surface area contributed by atoms with E-state index in [1.807, 2.05) is 11.8 Å². The summed E-state index contributed by atoms with van der Waals surface area (Å²) in [6.45, 7) is 4.55. The predicted molar refractivity (Wildman–Crippen MR) is 66.8 cm³/mol. The zero-order valence-electron chi connectivity index (χ0n) is 9.67. The normalized spacial score (nSPS) is 22.5. The van der Waals surface area contributed by atoms with Crippen molar-refractivity contribution in [1.29, 1.82) is 0 Å². The summed E-state index contributed by atoms with van der Waals surface area (Å²) in [5, 5.41) is 0.782. The monoisotopic (exact) mass is 215 g/mol. The van der Waals surface area contributed by atoms with Crippen molar-refractivity contribution in [2.45, 2.75) is 63.7 Å². The largest absolute Gasteiger partial charge is 0.327 e. The van der Waals surface area contributed by atoms with Crippen molar-refractivity contribution in [2.24, 2.45) is 11.7 Å². The molecule has 0 amide bonds. The third-order valence-corrected chi connectivity index (χ3v) is 4.80. The molecule has 1 rings (SSSR count). The van der Waals surface area contributed by atoms with Crippen LogP contribution >= 0.6 is 11.8 Å². The highest BCUT2D eigenvalue weighted by Gasteiger charge is 2.18. The highest BCUT2D eigenvalue weighted by molar-refractivity contribution is 7.99. The molecular weight excluding hydrogens is 190 g/mol. The molecule has 84 valence electrons. The Labute approximate surface area is 93.2 Å². The van der Waals surface area contributed by atoms with Crippen LogP contribution in [0.15, 0.2) is 0 Å². The maximum Gasteiger partial charge on any atom is 0.0133 e. The van der Waals surface area contributed by atoms with E-state index in [-0.39, 0.29) is 0 Å². The Balaban J connectivity index is 2.05. The van der Waals surface area contributed by atoms with E-state index in [1.54, 1.807) is 0 Å². The SMILES string of the molecule is CCC(C)SCC(N)CC1CCCC1. The molecule has 1 nitrogen and oxygen atoms in total. The standard InChI is InChI=1S/C12H25NS/c1-3-10(2)14-9-12(13)8-11-6-4-5-7-11/h10-12H,3-9,13H2,1-2H3. The number of rotatable bonds is 6. The van der Waals surface area contributed by atoms with Crippen LogP contribution in [0.1, 0.15) is 52.4 Å². The Kier molecular flexibility index (Phi) is 5.95. The average Bonchev–Trinajstić information content (AvgIpc) is 2.66. The van der Waals surface area contributed by atoms with Crippen LogP contribution in [0.3, 0.4) is 0 Å². The fourth-order valence-corrected chi connectivity index (χ4v) is 3.10. The second kappa shape index (κ2) is 6.73. The van der Waals surface area contributed by atoms with Gasteiger partial charge in [-0.15, -0.1) is 0 Å². The molecule has 1 aliphatic carbocycles. The Morgan fingerprint density at radius 2 is 2.00 bits per heavy atom. The lowest BCUT2D eigenvalue weighted by molar-refractivity contribution is 0.461. The second-order valence-corrected chi connectivity index (χ2v) is 6.17. The van der Waals surface area contributed by atoms with Crippen molar-refractivity contribution in [1.82, 2.24) is 0 Å². The van der Waals surface area contributed by atoms with Crippen LogP contribution in [0.2, 0.25) is 0 Å². The van der Waals surface area contributed by atoms with Crippen molar-refractivity contribution < 1.29 is 0 Å². The fraction of sp³-hybridized carbons (Fsp3) is 1.00. The molecule has 0 aromatic carbocycles. The van der Waals surface area contributed by atoms with Gasteiger partial charge in [-0.3, -0.25) is 0 Å². The maximum absolute atomic E-state index is 6.14. The van der Waals surface area contributed by atoms with Crippen LogP contribution in [0.5, 0.6) is 0 Å². The van der Waals surface area contributed by atoms with Gasteiger partial charge in [-0.05, 0) is 18.8 Å². The van der Waals surface area contributed by atoms with E-state index in [9.17, 15) is 0 Å². The van der Waals surface area contributed by atoms with Gasteiger partial charge in [0.2, 0.25) is 0 Å². The van der Waals surface area contributed by atoms with E-state index < -0.39 is 0 Å². The summed E-state index contributed by atoms with van der Waals surface area (Å²) in [6.07, 6.45) is 8.28. The van der Waals surface area contributed by atoms with Crippen LogP contribution < -0.4 is 5.73 Å². The molecule has 2 N–H and O–H groups in total. The van der Waals surface area contributed by atoms with Gasteiger partial charge in [-0.25, -0.2) is 0 Å². The van der Waals surface area contributed by atoms with E-state index in [1.165, 1.54) is 38.5 Å². The third-order valence-electron chi connectivity index (χ3n) is 3.28. The lowest BCUT2D eigenvalue weighted by Crippen LogP contribution is -2.26. The Morgan fingerprint density at radius 1 is 1.36 bits per heavy atom. The summed E-state index contributed by atoms with van der Waals surface area (Å²) < 4.78 is 0. The zero-order valence-corrected chi connectivity index (χ0v) is 10.5. The summed E-state index contributed by atoms with van der Waals surface area (Å²) >= 11 is 2.04. The second-order valence-electron chi connectivity index (χ2n) is 4.70. The lowest BCUT2D eigenvalue weighted by Gasteiger charge is -2.17. The fourth-order valence-electron chi connectivity index (χ4n) is 2.15. The van der Waals surface area contributed by atoms with Crippen molar-refractivity contribution in [3.05, 3.63) is 0 Å². The summed E-state index contributed by atoms with van der Waals surface area (Å²) in [5.74, 6) is 2.11. The lowest BCUT2D eigenvalue weighted by atomic mass is 10.00. The molecule has 2 atom stereocenters. The number of thioether (sulfide) groups is 1. The van der Waals surface area contributed by atoms with Crippen molar-refractivity contribution in [2.75, 3.05) is 5.75 Å². The summed E-state index contributed by atoms with van der Waals surface area (Å²) in [5.41, 5.74) is 6.14. The Hall–Kier alpha value is 0.310. The zero-order chi connectivity index (χ0) is 10.4. The predicted octanol–water partition coefficient (Wildman–Crippen LogP) is 3.43. The van der Waals surface area contributed by atoms with Gasteiger partial charge in [0, 0.05) is 17.0 Å². The van der Waals surface area contributed by atoms with Gasteiger partial charge in [-0.2, -0.15) is 11.8 Å². The van der Waals surface area contributed by atoms with Gasteiger partial charge >= 0.3 is 0 Å². The third kappa shape index (κ3) is 4.70. The van der Waals surface area contributed by atoms with Crippen molar-refractivity contribution >= 4 is 11.8 Å². The Morgan fingerprint density at radius 3 is 2.57 bits per heavy atom. The summed E-state index contributed by atoms with van der Waals surface area (Å²) in [7, 11) is 0. The number of hydrogen-bond donors (Lipinski definition) is 1. The smallest absolute Gasteiger partial charge is 0.0133 e. The first-order chi connectivity index (χ1) is 6.72. The van der Waals surface area contributed by atoms with Crippen LogP contribution in [0.25, 0.3) is 0 Å². The van der Waals surface area contributed by atoms with Gasteiger partial charge in [0.05, 0.1) is 0 Å². The minimum absolute atomic E-state index is 0.442. The molecule has 0 bridgehead atoms. The molecule has 1 saturated carbocycles. The van der Waals surface area contributed by atoms with Gasteiger partial charge in [0.25, 0.3) is 0 Å². The minimum atomic E-state index is 0.442. The molecule has 0 aliphatic heterocycles. The first-order valence-electron chi connectivity index (χ1n) is 6.09. The minimum Gasteiger partial charge on any atom is -0.327 e. The highest BCUT2D eigenvalue weighted by Crippen LogP contribution is 2.29.